The molecule has 1 aromatic rings. The number of alkyl halides is 3. The third kappa shape index (κ3) is 4.75. The Morgan fingerprint density at radius 2 is 1.86 bits per heavy atom. The lowest BCUT2D eigenvalue weighted by Gasteiger charge is -2.22. The van der Waals surface area contributed by atoms with Crippen molar-refractivity contribution in [2.24, 2.45) is 5.92 Å². The summed E-state index contributed by atoms with van der Waals surface area (Å²) in [4.78, 5) is 7.59. The summed E-state index contributed by atoms with van der Waals surface area (Å²) in [7, 11) is 0. The Balaban J connectivity index is 2.07. The molecular weight excluding hydrogens is 281 g/mol. The van der Waals surface area contributed by atoms with Crippen LogP contribution in [0.2, 0.25) is 0 Å². The smallest absolute Gasteiger partial charge is 0.370 e. The van der Waals surface area contributed by atoms with E-state index >= 15 is 0 Å². The number of anilines is 2. The highest BCUT2D eigenvalue weighted by molar-refractivity contribution is 5.43. The van der Waals surface area contributed by atoms with Gasteiger partial charge in [-0.2, -0.15) is 18.2 Å². The van der Waals surface area contributed by atoms with Gasteiger partial charge in [0.25, 0.3) is 0 Å². The zero-order valence-corrected chi connectivity index (χ0v) is 12.1. The Morgan fingerprint density at radius 3 is 2.48 bits per heavy atom. The maximum Gasteiger partial charge on any atom is 0.433 e. The van der Waals surface area contributed by atoms with Crippen LogP contribution in [0.1, 0.15) is 44.7 Å². The first-order valence-corrected chi connectivity index (χ1v) is 7.43. The third-order valence-corrected chi connectivity index (χ3v) is 3.65. The Hall–Kier alpha value is -1.53. The minimum Gasteiger partial charge on any atom is -0.370 e. The summed E-state index contributed by atoms with van der Waals surface area (Å²) < 4.78 is 38.5. The lowest BCUT2D eigenvalue weighted by atomic mass is 9.89. The average Bonchev–Trinajstić information content (AvgIpc) is 2.45. The van der Waals surface area contributed by atoms with Crippen LogP contribution in [0.15, 0.2) is 6.07 Å². The van der Waals surface area contributed by atoms with Gasteiger partial charge in [0.1, 0.15) is 5.82 Å². The summed E-state index contributed by atoms with van der Waals surface area (Å²) in [5.41, 5.74) is -0.917. The molecule has 1 aromatic heterocycles. The Bertz CT molecular complexity index is 456. The summed E-state index contributed by atoms with van der Waals surface area (Å²) >= 11 is 0. The highest BCUT2D eigenvalue weighted by Gasteiger charge is 2.33. The Kier molecular flexibility index (Phi) is 5.25. The van der Waals surface area contributed by atoms with Crippen LogP contribution in [0, 0.1) is 5.92 Å². The van der Waals surface area contributed by atoms with Crippen LogP contribution < -0.4 is 10.6 Å². The van der Waals surface area contributed by atoms with Crippen molar-refractivity contribution in [2.75, 3.05) is 23.7 Å². The fourth-order valence-corrected chi connectivity index (χ4v) is 2.56. The van der Waals surface area contributed by atoms with E-state index < -0.39 is 11.9 Å². The lowest BCUT2D eigenvalue weighted by molar-refractivity contribution is -0.141. The molecular formula is C14H21F3N4. The number of hydrogen-bond donors (Lipinski definition) is 2. The number of halogens is 3. The first kappa shape index (κ1) is 15.9. The molecule has 0 saturated heterocycles. The highest BCUT2D eigenvalue weighted by Crippen LogP contribution is 2.30. The molecule has 2 rings (SSSR count). The molecule has 0 amide bonds. The summed E-state index contributed by atoms with van der Waals surface area (Å²) in [5.74, 6) is 0.767. The first-order chi connectivity index (χ1) is 9.99. The molecule has 0 atom stereocenters. The van der Waals surface area contributed by atoms with Crippen molar-refractivity contribution in [3.8, 4) is 0 Å². The van der Waals surface area contributed by atoms with Crippen molar-refractivity contribution in [1.29, 1.82) is 0 Å². The van der Waals surface area contributed by atoms with Gasteiger partial charge in [0.05, 0.1) is 0 Å². The largest absolute Gasteiger partial charge is 0.433 e. The molecule has 0 radical (unpaired) electrons. The monoisotopic (exact) mass is 302 g/mol. The second-order valence-corrected chi connectivity index (χ2v) is 5.38. The number of nitrogens with zero attached hydrogens (tertiary/aromatic N) is 2. The molecule has 4 nitrogen and oxygen atoms in total. The molecule has 2 N–H and O–H groups in total. The van der Waals surface area contributed by atoms with Crippen molar-refractivity contribution >= 4 is 11.8 Å². The van der Waals surface area contributed by atoms with Crippen molar-refractivity contribution in [1.82, 2.24) is 9.97 Å². The number of nitrogens with one attached hydrogen (secondary N) is 2. The zero-order valence-electron chi connectivity index (χ0n) is 12.1. The number of aromatic nitrogens is 2. The molecule has 7 heteroatoms. The van der Waals surface area contributed by atoms with Gasteiger partial charge >= 0.3 is 6.18 Å². The average molecular weight is 302 g/mol. The van der Waals surface area contributed by atoms with E-state index in [0.29, 0.717) is 19.0 Å². The molecule has 0 aromatic carbocycles. The predicted molar refractivity (Wildman–Crippen MR) is 76.3 cm³/mol. The summed E-state index contributed by atoms with van der Waals surface area (Å²) in [6.07, 6.45) is 1.45. The molecule has 0 unspecified atom stereocenters. The summed E-state index contributed by atoms with van der Waals surface area (Å²) in [6, 6.07) is 0.976. The standard InChI is InChI=1S/C14H21F3N4/c1-2-18-13-20-11(14(15,16)17)8-12(21-13)19-9-10-6-4-3-5-7-10/h8,10H,2-7,9H2,1H3,(H2,18,19,20,21). The van der Waals surface area contributed by atoms with Crippen LogP contribution in [0.4, 0.5) is 24.9 Å². The van der Waals surface area contributed by atoms with E-state index in [1.165, 1.54) is 19.3 Å². The molecule has 1 heterocycles. The molecule has 0 bridgehead atoms. The van der Waals surface area contributed by atoms with Crippen LogP contribution in [0.25, 0.3) is 0 Å². The van der Waals surface area contributed by atoms with E-state index in [1.54, 1.807) is 6.92 Å². The number of hydrogen-bond acceptors (Lipinski definition) is 4. The fourth-order valence-electron chi connectivity index (χ4n) is 2.56. The van der Waals surface area contributed by atoms with Crippen LogP contribution in [-0.4, -0.2) is 23.1 Å². The second-order valence-electron chi connectivity index (χ2n) is 5.38. The fraction of sp³-hybridized carbons (Fsp3) is 0.714. The van der Waals surface area contributed by atoms with E-state index in [2.05, 4.69) is 20.6 Å². The van der Waals surface area contributed by atoms with Gasteiger partial charge in [-0.1, -0.05) is 19.3 Å². The van der Waals surface area contributed by atoms with E-state index in [0.717, 1.165) is 18.9 Å². The van der Waals surface area contributed by atoms with Gasteiger partial charge in [-0.05, 0) is 25.7 Å². The van der Waals surface area contributed by atoms with E-state index in [9.17, 15) is 13.2 Å². The molecule has 1 aliphatic rings. The van der Waals surface area contributed by atoms with Gasteiger partial charge in [0.15, 0.2) is 5.69 Å². The number of rotatable bonds is 5. The second kappa shape index (κ2) is 6.95. The maximum absolute atomic E-state index is 12.8. The van der Waals surface area contributed by atoms with Crippen LogP contribution in [0.5, 0.6) is 0 Å². The zero-order chi connectivity index (χ0) is 15.3. The topological polar surface area (TPSA) is 49.8 Å². The SMILES string of the molecule is CCNc1nc(NCC2CCCCC2)cc(C(F)(F)F)n1. The van der Waals surface area contributed by atoms with Crippen molar-refractivity contribution in [2.45, 2.75) is 45.2 Å². The van der Waals surface area contributed by atoms with Crippen molar-refractivity contribution in [3.63, 3.8) is 0 Å². The van der Waals surface area contributed by atoms with Crippen LogP contribution in [0.3, 0.4) is 0 Å². The van der Waals surface area contributed by atoms with E-state index in [1.807, 2.05) is 0 Å². The van der Waals surface area contributed by atoms with Crippen LogP contribution >= 0.6 is 0 Å². The van der Waals surface area contributed by atoms with Gasteiger partial charge in [-0.15, -0.1) is 0 Å². The van der Waals surface area contributed by atoms with Gasteiger partial charge in [0.2, 0.25) is 5.95 Å². The predicted octanol–water partition coefficient (Wildman–Crippen LogP) is 3.92. The lowest BCUT2D eigenvalue weighted by Crippen LogP contribution is -2.19. The molecule has 1 aliphatic carbocycles. The molecule has 118 valence electrons. The van der Waals surface area contributed by atoms with Crippen molar-refractivity contribution in [3.05, 3.63) is 11.8 Å². The first-order valence-electron chi connectivity index (χ1n) is 7.43. The molecule has 21 heavy (non-hydrogen) atoms. The Morgan fingerprint density at radius 1 is 1.14 bits per heavy atom. The molecule has 1 fully saturated rings. The minimum atomic E-state index is -4.46. The molecule has 0 spiro atoms. The summed E-state index contributed by atoms with van der Waals surface area (Å²) in [6.45, 7) is 2.93. The quantitative estimate of drug-likeness (QED) is 0.865. The molecule has 1 saturated carbocycles. The van der Waals surface area contributed by atoms with Crippen LogP contribution in [-0.2, 0) is 6.18 Å². The normalized spacial score (nSPS) is 16.8. The summed E-state index contributed by atoms with van der Waals surface area (Å²) in [5, 5.41) is 5.77. The van der Waals surface area contributed by atoms with Gasteiger partial charge in [-0.3, -0.25) is 0 Å². The van der Waals surface area contributed by atoms with Crippen molar-refractivity contribution < 1.29 is 13.2 Å². The Labute approximate surface area is 122 Å². The highest BCUT2D eigenvalue weighted by atomic mass is 19.4. The minimum absolute atomic E-state index is 0.0125. The van der Waals surface area contributed by atoms with Gasteiger partial charge in [0, 0.05) is 19.2 Å². The molecule has 0 aliphatic heterocycles. The van der Waals surface area contributed by atoms with Gasteiger partial charge in [-0.25, -0.2) is 4.98 Å². The van der Waals surface area contributed by atoms with E-state index in [-0.39, 0.29) is 11.8 Å². The van der Waals surface area contributed by atoms with E-state index in [4.69, 9.17) is 0 Å². The van der Waals surface area contributed by atoms with Gasteiger partial charge < -0.3 is 10.6 Å². The maximum atomic E-state index is 12.8. The third-order valence-electron chi connectivity index (χ3n) is 3.65.